The van der Waals surface area contributed by atoms with Gasteiger partial charge in [-0.3, -0.25) is 0 Å². The summed E-state index contributed by atoms with van der Waals surface area (Å²) in [6.07, 6.45) is 3.33. The van der Waals surface area contributed by atoms with Crippen molar-refractivity contribution in [3.63, 3.8) is 0 Å². The van der Waals surface area contributed by atoms with E-state index in [-0.39, 0.29) is 5.75 Å². The summed E-state index contributed by atoms with van der Waals surface area (Å²) in [5.74, 6) is 0.0807. The fourth-order valence-electron chi connectivity index (χ4n) is 0.502. The summed E-state index contributed by atoms with van der Waals surface area (Å²) in [4.78, 5) is 0. The molecule has 0 radical (unpaired) electrons. The topological polar surface area (TPSA) is 46.2 Å². The highest BCUT2D eigenvalue weighted by Crippen LogP contribution is 1.83. The van der Waals surface area contributed by atoms with Crippen LogP contribution in [0.4, 0.5) is 0 Å². The zero-order valence-corrected chi connectivity index (χ0v) is 7.11. The van der Waals surface area contributed by atoms with E-state index in [1.807, 2.05) is 0 Å². The van der Waals surface area contributed by atoms with Crippen molar-refractivity contribution in [2.24, 2.45) is 0 Å². The predicted molar refractivity (Wildman–Crippen MR) is 42.3 cm³/mol. The van der Waals surface area contributed by atoms with Gasteiger partial charge < -0.3 is 0 Å². The molecular formula is C6H13NO2S. The Hall–Kier alpha value is -0.350. The third kappa shape index (κ3) is 4.52. The number of sulfonamides is 1. The average Bonchev–Trinajstić information content (AvgIpc) is 1.84. The van der Waals surface area contributed by atoms with Crippen LogP contribution in [-0.2, 0) is 10.0 Å². The maximum Gasteiger partial charge on any atom is 0.215 e. The van der Waals surface area contributed by atoms with Gasteiger partial charge in [0.1, 0.15) is 0 Å². The largest absolute Gasteiger partial charge is 0.215 e. The van der Waals surface area contributed by atoms with E-state index in [4.69, 9.17) is 0 Å². The summed E-state index contributed by atoms with van der Waals surface area (Å²) in [6, 6.07) is 0. The van der Waals surface area contributed by atoms with Crippen LogP contribution in [0, 0.1) is 0 Å². The van der Waals surface area contributed by atoms with Gasteiger partial charge in [0.05, 0.1) is 5.75 Å². The molecular weight excluding hydrogens is 150 g/mol. The SMILES string of the molecule is C/C=C\CS(=O)(=O)NCC. The number of nitrogens with one attached hydrogen (secondary N) is 1. The molecule has 0 saturated heterocycles. The average molecular weight is 163 g/mol. The Morgan fingerprint density at radius 1 is 1.50 bits per heavy atom. The molecule has 0 amide bonds. The fourth-order valence-corrected chi connectivity index (χ4v) is 1.51. The van der Waals surface area contributed by atoms with Crippen LogP contribution in [0.1, 0.15) is 13.8 Å². The lowest BCUT2D eigenvalue weighted by atomic mass is 10.6. The van der Waals surface area contributed by atoms with E-state index in [0.29, 0.717) is 6.54 Å². The summed E-state index contributed by atoms with van der Waals surface area (Å²) in [5, 5.41) is 0. The van der Waals surface area contributed by atoms with E-state index >= 15 is 0 Å². The molecule has 0 aromatic heterocycles. The normalized spacial score (nSPS) is 12.6. The first-order chi connectivity index (χ1) is 4.62. The van der Waals surface area contributed by atoms with Gasteiger partial charge >= 0.3 is 0 Å². The minimum absolute atomic E-state index is 0.0807. The van der Waals surface area contributed by atoms with Crippen LogP contribution < -0.4 is 4.72 Å². The molecule has 0 unspecified atom stereocenters. The Kier molecular flexibility index (Phi) is 4.31. The Morgan fingerprint density at radius 2 is 2.10 bits per heavy atom. The van der Waals surface area contributed by atoms with Crippen LogP contribution in [0.25, 0.3) is 0 Å². The second-order valence-corrected chi connectivity index (χ2v) is 3.70. The second kappa shape index (κ2) is 4.46. The van der Waals surface area contributed by atoms with Crippen molar-refractivity contribution in [3.05, 3.63) is 12.2 Å². The minimum atomic E-state index is -3.03. The number of rotatable bonds is 4. The first-order valence-electron chi connectivity index (χ1n) is 3.21. The van der Waals surface area contributed by atoms with Gasteiger partial charge in [-0.15, -0.1) is 0 Å². The number of allylic oxidation sites excluding steroid dienone is 1. The maximum absolute atomic E-state index is 10.8. The molecule has 0 heterocycles. The Morgan fingerprint density at radius 3 is 2.50 bits per heavy atom. The van der Waals surface area contributed by atoms with E-state index in [1.165, 1.54) is 0 Å². The third-order valence-electron chi connectivity index (χ3n) is 0.916. The molecule has 0 atom stereocenters. The number of hydrogen-bond donors (Lipinski definition) is 1. The van der Waals surface area contributed by atoms with Crippen LogP contribution in [0.5, 0.6) is 0 Å². The van der Waals surface area contributed by atoms with Crippen LogP contribution in [0.15, 0.2) is 12.2 Å². The predicted octanol–water partition coefficient (Wildman–Crippen LogP) is 0.502. The first kappa shape index (κ1) is 9.65. The maximum atomic E-state index is 10.8. The van der Waals surface area contributed by atoms with Crippen LogP contribution in [-0.4, -0.2) is 20.7 Å². The molecule has 10 heavy (non-hydrogen) atoms. The van der Waals surface area contributed by atoms with Gasteiger partial charge in [-0.05, 0) is 6.92 Å². The van der Waals surface area contributed by atoms with Gasteiger partial charge in [0.2, 0.25) is 10.0 Å². The van der Waals surface area contributed by atoms with Crippen molar-refractivity contribution in [2.75, 3.05) is 12.3 Å². The van der Waals surface area contributed by atoms with Gasteiger partial charge in [-0.2, -0.15) is 0 Å². The minimum Gasteiger partial charge on any atom is -0.215 e. The van der Waals surface area contributed by atoms with Crippen molar-refractivity contribution < 1.29 is 8.42 Å². The highest BCUT2D eigenvalue weighted by atomic mass is 32.2. The molecule has 4 heteroatoms. The fraction of sp³-hybridized carbons (Fsp3) is 0.667. The van der Waals surface area contributed by atoms with Crippen molar-refractivity contribution in [2.45, 2.75) is 13.8 Å². The molecule has 0 rings (SSSR count). The van der Waals surface area contributed by atoms with Crippen LogP contribution in [0.3, 0.4) is 0 Å². The van der Waals surface area contributed by atoms with E-state index in [9.17, 15) is 8.42 Å². The molecule has 0 saturated carbocycles. The van der Waals surface area contributed by atoms with Crippen molar-refractivity contribution in [3.8, 4) is 0 Å². The van der Waals surface area contributed by atoms with Gasteiger partial charge in [0, 0.05) is 6.54 Å². The van der Waals surface area contributed by atoms with E-state index in [0.717, 1.165) is 0 Å². The summed E-state index contributed by atoms with van der Waals surface area (Å²) in [7, 11) is -3.03. The van der Waals surface area contributed by atoms with Crippen molar-refractivity contribution in [1.82, 2.24) is 4.72 Å². The van der Waals surface area contributed by atoms with E-state index < -0.39 is 10.0 Å². The van der Waals surface area contributed by atoms with E-state index in [2.05, 4.69) is 4.72 Å². The highest BCUT2D eigenvalue weighted by Gasteiger charge is 2.02. The molecule has 0 aromatic carbocycles. The second-order valence-electron chi connectivity index (χ2n) is 1.85. The van der Waals surface area contributed by atoms with Crippen molar-refractivity contribution in [1.29, 1.82) is 0 Å². The molecule has 0 aromatic rings. The summed E-state index contributed by atoms with van der Waals surface area (Å²) in [6.45, 7) is 4.01. The summed E-state index contributed by atoms with van der Waals surface area (Å²) < 4.78 is 24.0. The molecule has 0 aliphatic heterocycles. The van der Waals surface area contributed by atoms with Crippen LogP contribution >= 0.6 is 0 Å². The van der Waals surface area contributed by atoms with Crippen molar-refractivity contribution >= 4 is 10.0 Å². The molecule has 0 fully saturated rings. The lowest BCUT2D eigenvalue weighted by Gasteiger charge is -1.98. The zero-order valence-electron chi connectivity index (χ0n) is 6.29. The summed E-state index contributed by atoms with van der Waals surface area (Å²) >= 11 is 0. The molecule has 1 N–H and O–H groups in total. The quantitative estimate of drug-likeness (QED) is 0.613. The van der Waals surface area contributed by atoms with Gasteiger partial charge in [-0.25, -0.2) is 13.1 Å². The van der Waals surface area contributed by atoms with Crippen LogP contribution in [0.2, 0.25) is 0 Å². The molecule has 0 aliphatic carbocycles. The lowest BCUT2D eigenvalue weighted by molar-refractivity contribution is 0.587. The summed E-state index contributed by atoms with van der Waals surface area (Å²) in [5.41, 5.74) is 0. The lowest BCUT2D eigenvalue weighted by Crippen LogP contribution is -2.24. The zero-order chi connectivity index (χ0) is 8.04. The Labute approximate surface area is 62.2 Å². The molecule has 60 valence electrons. The monoisotopic (exact) mass is 163 g/mol. The molecule has 0 spiro atoms. The molecule has 0 aliphatic rings. The molecule has 3 nitrogen and oxygen atoms in total. The molecule has 0 bridgehead atoms. The third-order valence-corrected chi connectivity index (χ3v) is 2.28. The Bertz CT molecular complexity index is 194. The van der Waals surface area contributed by atoms with Gasteiger partial charge in [0.25, 0.3) is 0 Å². The number of hydrogen-bond acceptors (Lipinski definition) is 2. The standard InChI is InChI=1S/C6H13NO2S/c1-3-5-6-10(8,9)7-4-2/h3,5,7H,4,6H2,1-2H3/b5-3-. The van der Waals surface area contributed by atoms with Gasteiger partial charge in [-0.1, -0.05) is 19.1 Å². The highest BCUT2D eigenvalue weighted by molar-refractivity contribution is 7.89. The van der Waals surface area contributed by atoms with E-state index in [1.54, 1.807) is 26.0 Å². The van der Waals surface area contributed by atoms with Gasteiger partial charge in [0.15, 0.2) is 0 Å². The Balaban J connectivity index is 3.89. The first-order valence-corrected chi connectivity index (χ1v) is 4.86. The smallest absolute Gasteiger partial charge is 0.215 e.